The third-order valence-corrected chi connectivity index (χ3v) is 4.04. The van der Waals surface area contributed by atoms with Crippen molar-refractivity contribution in [1.82, 2.24) is 15.2 Å². The number of likely N-dealkylation sites (tertiary alicyclic amines) is 1. The van der Waals surface area contributed by atoms with Crippen LogP contribution >= 0.6 is 11.6 Å². The molecule has 0 spiro atoms. The number of pyridine rings is 1. The predicted molar refractivity (Wildman–Crippen MR) is 101 cm³/mol. The van der Waals surface area contributed by atoms with Crippen molar-refractivity contribution in [3.05, 3.63) is 64.2 Å². The lowest BCUT2D eigenvalue weighted by molar-refractivity contribution is 0.0434. The van der Waals surface area contributed by atoms with Crippen molar-refractivity contribution in [2.24, 2.45) is 0 Å². The summed E-state index contributed by atoms with van der Waals surface area (Å²) < 4.78 is 96.0. The van der Waals surface area contributed by atoms with Gasteiger partial charge in [0, 0.05) is 61.6 Å². The van der Waals surface area contributed by atoms with Crippen LogP contribution in [-0.4, -0.2) is 41.0 Å². The van der Waals surface area contributed by atoms with E-state index in [1.54, 1.807) is 19.1 Å². The Morgan fingerprint density at radius 1 is 1.37 bits per heavy atom. The number of halogens is 3. The summed E-state index contributed by atoms with van der Waals surface area (Å²) in [5.74, 6) is -2.45. The van der Waals surface area contributed by atoms with Gasteiger partial charge in [-0.3, -0.25) is 9.78 Å². The fourth-order valence-electron chi connectivity index (χ4n) is 2.26. The molecule has 2 heterocycles. The Balaban J connectivity index is 2.02. The highest BCUT2D eigenvalue weighted by molar-refractivity contribution is 6.31. The van der Waals surface area contributed by atoms with Crippen molar-refractivity contribution in [1.29, 1.82) is 0 Å². The minimum Gasteiger partial charge on any atom is -0.338 e. The maximum absolute atomic E-state index is 16.3. The van der Waals surface area contributed by atoms with Crippen molar-refractivity contribution in [2.75, 3.05) is 19.5 Å². The molecule has 0 radical (unpaired) electrons. The molecule has 1 N–H and O–H groups in total. The molecule has 4 nitrogen and oxygen atoms in total. The van der Waals surface area contributed by atoms with E-state index in [0.717, 1.165) is 23.8 Å². The number of nitrogens with zero attached hydrogens (tertiary/aromatic N) is 2. The monoisotopic (exact) mass is 401 g/mol. The van der Waals surface area contributed by atoms with Crippen LogP contribution in [0.2, 0.25) is 5.02 Å². The zero-order valence-corrected chi connectivity index (χ0v) is 15.1. The Bertz CT molecular complexity index is 1110. The summed E-state index contributed by atoms with van der Waals surface area (Å²) in [4.78, 5) is 16.9. The lowest BCUT2D eigenvalue weighted by Gasteiger charge is -2.36. The topological polar surface area (TPSA) is 45.2 Å². The van der Waals surface area contributed by atoms with Crippen LogP contribution in [0.4, 0.5) is 8.78 Å². The van der Waals surface area contributed by atoms with Crippen LogP contribution in [0.3, 0.4) is 0 Å². The molecule has 144 valence electrons. The Morgan fingerprint density at radius 2 is 2.11 bits per heavy atom. The fraction of sp³-hybridized carbons (Fsp3) is 0.400. The maximum atomic E-state index is 16.3. The third-order valence-electron chi connectivity index (χ3n) is 3.75. The average molecular weight is 402 g/mol. The zero-order chi connectivity index (χ0) is 26.6. The van der Waals surface area contributed by atoms with E-state index in [1.165, 1.54) is 6.20 Å². The van der Waals surface area contributed by atoms with Gasteiger partial charge in [-0.2, -0.15) is 0 Å². The summed E-state index contributed by atoms with van der Waals surface area (Å²) in [6.45, 7) is -6.84. The second-order valence-electron chi connectivity index (χ2n) is 5.97. The molecule has 0 aliphatic carbocycles. The fourth-order valence-corrected chi connectivity index (χ4v) is 2.44. The van der Waals surface area contributed by atoms with Gasteiger partial charge in [-0.25, -0.2) is 8.78 Å². The standard InChI is InChI=1S/C20H22ClF2N3O/c1-14-2-4-16(25-11-14)12-24-13-20(23)6-8-26(9-7-20)19(27)15-3-5-18(22)17(21)10-15/h2-5,10-11,24H,6-9,12-13H2,1H3/i6D2,7D2,8D2,9D2. The van der Waals surface area contributed by atoms with Crippen molar-refractivity contribution >= 4 is 17.5 Å². The molecular formula is C20H22ClF2N3O. The Morgan fingerprint density at radius 3 is 2.74 bits per heavy atom. The third kappa shape index (κ3) is 5.02. The molecule has 1 aromatic carbocycles. The molecular weight excluding hydrogens is 372 g/mol. The molecule has 7 heteroatoms. The van der Waals surface area contributed by atoms with E-state index in [1.807, 2.05) is 0 Å². The summed E-state index contributed by atoms with van der Waals surface area (Å²) in [7, 11) is 0. The van der Waals surface area contributed by atoms with E-state index in [2.05, 4.69) is 10.3 Å². The van der Waals surface area contributed by atoms with E-state index >= 15 is 4.39 Å². The lowest BCUT2D eigenvalue weighted by Crippen LogP contribution is -2.48. The lowest BCUT2D eigenvalue weighted by atomic mass is 9.92. The second kappa shape index (κ2) is 8.31. The van der Waals surface area contributed by atoms with Gasteiger partial charge >= 0.3 is 0 Å². The number of nitrogens with one attached hydrogen (secondary N) is 1. The molecule has 2 aromatic rings. The predicted octanol–water partition coefficient (Wildman–Crippen LogP) is 3.92. The smallest absolute Gasteiger partial charge is 0.253 e. The number of aryl methyl sites for hydroxylation is 1. The van der Waals surface area contributed by atoms with E-state index in [0.29, 0.717) is 5.69 Å². The Kier molecular flexibility index (Phi) is 3.61. The summed E-state index contributed by atoms with van der Waals surface area (Å²) in [5.41, 5.74) is -3.06. The molecule has 1 fully saturated rings. The number of amides is 1. The highest BCUT2D eigenvalue weighted by Crippen LogP contribution is 2.27. The van der Waals surface area contributed by atoms with Crippen LogP contribution in [0.25, 0.3) is 0 Å². The van der Waals surface area contributed by atoms with Crippen LogP contribution in [0.5, 0.6) is 0 Å². The molecule has 1 aliphatic rings. The first kappa shape index (κ1) is 11.7. The van der Waals surface area contributed by atoms with E-state index < -0.39 is 60.3 Å². The molecule has 27 heavy (non-hydrogen) atoms. The molecule has 0 saturated carbocycles. The van der Waals surface area contributed by atoms with Gasteiger partial charge in [0.15, 0.2) is 0 Å². The van der Waals surface area contributed by atoms with Gasteiger partial charge in [-0.15, -0.1) is 0 Å². The molecule has 0 atom stereocenters. The number of hydrogen-bond donors (Lipinski definition) is 1. The number of hydrogen-bond acceptors (Lipinski definition) is 3. The van der Waals surface area contributed by atoms with Crippen LogP contribution in [0, 0.1) is 12.7 Å². The number of carbonyl (C=O) groups excluding carboxylic acids is 1. The van der Waals surface area contributed by atoms with Crippen LogP contribution in [0.1, 0.15) is 45.3 Å². The Labute approximate surface area is 173 Å². The van der Waals surface area contributed by atoms with Gasteiger partial charge in [0.05, 0.1) is 10.7 Å². The van der Waals surface area contributed by atoms with E-state index in [4.69, 9.17) is 22.6 Å². The average Bonchev–Trinajstić information content (AvgIpc) is 2.75. The normalized spacial score (nSPS) is 28.2. The van der Waals surface area contributed by atoms with Crippen LogP contribution in [-0.2, 0) is 6.54 Å². The first-order valence-corrected chi connectivity index (χ1v) is 8.40. The molecule has 1 aromatic heterocycles. The number of carbonyl (C=O) groups is 1. The maximum Gasteiger partial charge on any atom is 0.253 e. The highest BCUT2D eigenvalue weighted by atomic mass is 35.5. The number of alkyl halides is 1. The van der Waals surface area contributed by atoms with Gasteiger partial charge in [0.1, 0.15) is 11.5 Å². The summed E-state index contributed by atoms with van der Waals surface area (Å²) in [5, 5.41) is 1.95. The van der Waals surface area contributed by atoms with Gasteiger partial charge in [-0.1, -0.05) is 17.7 Å². The highest BCUT2D eigenvalue weighted by Gasteiger charge is 2.35. The van der Waals surface area contributed by atoms with Crippen molar-refractivity contribution in [2.45, 2.75) is 31.9 Å². The van der Waals surface area contributed by atoms with Crippen LogP contribution < -0.4 is 5.32 Å². The molecule has 0 bridgehead atoms. The number of piperidine rings is 1. The van der Waals surface area contributed by atoms with Gasteiger partial charge in [0.2, 0.25) is 0 Å². The first-order valence-electron chi connectivity index (χ1n) is 12.0. The largest absolute Gasteiger partial charge is 0.338 e. The van der Waals surface area contributed by atoms with E-state index in [9.17, 15) is 9.18 Å². The molecule has 1 aliphatic heterocycles. The molecule has 1 amide bonds. The first-order chi connectivity index (χ1) is 15.9. The number of aromatic nitrogens is 1. The van der Waals surface area contributed by atoms with Gasteiger partial charge < -0.3 is 10.2 Å². The molecule has 0 unspecified atom stereocenters. The molecule has 3 rings (SSSR count). The van der Waals surface area contributed by atoms with Gasteiger partial charge in [0.25, 0.3) is 5.91 Å². The van der Waals surface area contributed by atoms with Crippen molar-refractivity contribution in [3.63, 3.8) is 0 Å². The SMILES string of the molecule is [2H]C1([2H])N(C(=O)c2ccc(F)c(Cl)c2)C([2H])([2H])C([2H])([2H])C(F)(CNCc2ccc(C)cn2)C1([2H])[2H]. The van der Waals surface area contributed by atoms with Gasteiger partial charge in [-0.05, 0) is 36.8 Å². The zero-order valence-electron chi connectivity index (χ0n) is 22.3. The summed E-state index contributed by atoms with van der Waals surface area (Å²) in [6.07, 6.45) is -5.96. The summed E-state index contributed by atoms with van der Waals surface area (Å²) in [6, 6.07) is 5.70. The number of benzene rings is 1. The minimum atomic E-state index is -3.78. The van der Waals surface area contributed by atoms with Crippen molar-refractivity contribution in [3.8, 4) is 0 Å². The second-order valence-corrected chi connectivity index (χ2v) is 6.38. The quantitative estimate of drug-likeness (QED) is 0.826. The van der Waals surface area contributed by atoms with Crippen LogP contribution in [0.15, 0.2) is 36.5 Å². The number of rotatable bonds is 5. The van der Waals surface area contributed by atoms with Crippen molar-refractivity contribution < 1.29 is 24.5 Å². The summed E-state index contributed by atoms with van der Waals surface area (Å²) >= 11 is 5.66. The molecule has 1 saturated heterocycles. The minimum absolute atomic E-state index is 0.138. The van der Waals surface area contributed by atoms with E-state index in [-0.39, 0.29) is 11.4 Å². The Hall–Kier alpha value is -2.05.